The van der Waals surface area contributed by atoms with Gasteiger partial charge in [0.25, 0.3) is 17.4 Å². The molecular formula is C24H14ClF3N2O5. The molecule has 0 aliphatic carbocycles. The molecule has 1 amide bonds. The summed E-state index contributed by atoms with van der Waals surface area (Å²) in [6, 6.07) is 12.9. The van der Waals surface area contributed by atoms with Crippen LogP contribution in [0.15, 0.2) is 78.4 Å². The number of halogens is 4. The Bertz CT molecular complexity index is 1390. The molecule has 1 saturated heterocycles. The first kappa shape index (κ1) is 24.0. The fourth-order valence-electron chi connectivity index (χ4n) is 3.82. The van der Waals surface area contributed by atoms with Gasteiger partial charge in [-0.25, -0.2) is 0 Å². The highest BCUT2D eigenvalue weighted by Crippen LogP contribution is 2.44. The molecule has 1 atom stereocenters. The van der Waals surface area contributed by atoms with Crippen molar-refractivity contribution in [1.82, 2.24) is 0 Å². The number of carbonyl (C=O) groups excluding carboxylic acids is 2. The number of anilines is 1. The number of nitro benzene ring substituents is 1. The van der Waals surface area contributed by atoms with Crippen molar-refractivity contribution in [2.45, 2.75) is 12.2 Å². The number of aliphatic hydroxyl groups is 1. The minimum Gasteiger partial charge on any atom is -0.507 e. The average molecular weight is 503 g/mol. The van der Waals surface area contributed by atoms with E-state index in [0.717, 1.165) is 23.1 Å². The lowest BCUT2D eigenvalue weighted by Crippen LogP contribution is -2.29. The van der Waals surface area contributed by atoms with Crippen LogP contribution < -0.4 is 4.90 Å². The van der Waals surface area contributed by atoms with E-state index in [9.17, 15) is 38.0 Å². The number of aliphatic hydroxyl groups excluding tert-OH is 1. The topological polar surface area (TPSA) is 101 Å². The van der Waals surface area contributed by atoms with E-state index >= 15 is 0 Å². The Hall–Kier alpha value is -4.18. The Balaban J connectivity index is 1.97. The summed E-state index contributed by atoms with van der Waals surface area (Å²) >= 11 is 5.87. The zero-order valence-electron chi connectivity index (χ0n) is 17.5. The number of ketones is 1. The van der Waals surface area contributed by atoms with Gasteiger partial charge in [0.15, 0.2) is 0 Å². The van der Waals surface area contributed by atoms with Crippen molar-refractivity contribution in [2.24, 2.45) is 0 Å². The van der Waals surface area contributed by atoms with Crippen LogP contribution in [0, 0.1) is 10.1 Å². The predicted octanol–water partition coefficient (Wildman–Crippen LogP) is 5.89. The zero-order chi connectivity index (χ0) is 25.5. The number of Topliss-reactive ketones (excluding diaryl/α,β-unsaturated/α-hetero) is 1. The largest absolute Gasteiger partial charge is 0.507 e. The first-order valence-electron chi connectivity index (χ1n) is 9.97. The summed E-state index contributed by atoms with van der Waals surface area (Å²) in [5, 5.41) is 22.6. The summed E-state index contributed by atoms with van der Waals surface area (Å²) < 4.78 is 40.0. The summed E-state index contributed by atoms with van der Waals surface area (Å²) in [7, 11) is 0. The Morgan fingerprint density at radius 2 is 1.66 bits per heavy atom. The molecule has 11 heteroatoms. The SMILES string of the molecule is O=C1C(=O)N(c2cccc(C(F)(F)F)c2)[C@@H](c2cccc([N+](=O)[O-])c2)/C1=C(\O)c1ccc(Cl)cc1. The van der Waals surface area contributed by atoms with Crippen molar-refractivity contribution in [2.75, 3.05) is 4.90 Å². The van der Waals surface area contributed by atoms with Crippen molar-refractivity contribution in [3.05, 3.63) is 110 Å². The summed E-state index contributed by atoms with van der Waals surface area (Å²) in [4.78, 5) is 37.6. The van der Waals surface area contributed by atoms with Gasteiger partial charge >= 0.3 is 6.18 Å². The van der Waals surface area contributed by atoms with Gasteiger partial charge in [-0.05, 0) is 48.0 Å². The first-order valence-corrected chi connectivity index (χ1v) is 10.4. The number of hydrogen-bond acceptors (Lipinski definition) is 5. The standard InChI is InChI=1S/C24H14ClF3N2O5/c25-16-9-7-13(8-10-16)21(31)19-20(14-3-1-6-18(11-14)30(34)35)29(23(33)22(19)32)17-5-2-4-15(12-17)24(26,27)28/h1-12,20,31H/b21-19+/t20-/m0/s1. The number of alkyl halides is 3. The normalized spacial score (nSPS) is 17.6. The molecule has 0 spiro atoms. The molecule has 0 bridgehead atoms. The van der Waals surface area contributed by atoms with Crippen LogP contribution in [0.5, 0.6) is 0 Å². The van der Waals surface area contributed by atoms with Gasteiger partial charge in [-0.1, -0.05) is 29.8 Å². The van der Waals surface area contributed by atoms with Gasteiger partial charge in [0.05, 0.1) is 22.1 Å². The maximum atomic E-state index is 13.3. The first-order chi connectivity index (χ1) is 16.5. The molecule has 0 aromatic heterocycles. The van der Waals surface area contributed by atoms with Crippen LogP contribution in [-0.2, 0) is 15.8 Å². The molecule has 1 fully saturated rings. The van der Waals surface area contributed by atoms with Crippen LogP contribution in [0.2, 0.25) is 5.02 Å². The maximum absolute atomic E-state index is 13.3. The number of benzene rings is 3. The summed E-state index contributed by atoms with van der Waals surface area (Å²) in [5.74, 6) is -2.96. The molecule has 0 radical (unpaired) electrons. The lowest BCUT2D eigenvalue weighted by atomic mass is 9.94. The third-order valence-corrected chi connectivity index (χ3v) is 5.66. The van der Waals surface area contributed by atoms with E-state index in [-0.39, 0.29) is 22.5 Å². The fourth-order valence-corrected chi connectivity index (χ4v) is 3.94. The number of hydrogen-bond donors (Lipinski definition) is 1. The summed E-state index contributed by atoms with van der Waals surface area (Å²) in [6.45, 7) is 0. The second-order valence-electron chi connectivity index (χ2n) is 7.58. The molecule has 0 unspecified atom stereocenters. The van der Waals surface area contributed by atoms with E-state index in [4.69, 9.17) is 11.6 Å². The molecule has 1 heterocycles. The molecule has 35 heavy (non-hydrogen) atoms. The predicted molar refractivity (Wildman–Crippen MR) is 121 cm³/mol. The van der Waals surface area contributed by atoms with E-state index in [1.165, 1.54) is 48.5 Å². The molecule has 1 aliphatic heterocycles. The molecule has 0 saturated carbocycles. The van der Waals surface area contributed by atoms with Crippen molar-refractivity contribution in [3.63, 3.8) is 0 Å². The maximum Gasteiger partial charge on any atom is 0.416 e. The van der Waals surface area contributed by atoms with Crippen LogP contribution >= 0.6 is 11.6 Å². The highest BCUT2D eigenvalue weighted by molar-refractivity contribution is 6.51. The number of non-ortho nitro benzene ring substituents is 1. The van der Waals surface area contributed by atoms with E-state index in [0.29, 0.717) is 11.1 Å². The zero-order valence-corrected chi connectivity index (χ0v) is 18.2. The van der Waals surface area contributed by atoms with Crippen molar-refractivity contribution < 1.29 is 32.8 Å². The lowest BCUT2D eigenvalue weighted by molar-refractivity contribution is -0.384. The molecule has 3 aromatic rings. The Kier molecular flexibility index (Phi) is 6.08. The molecule has 178 valence electrons. The number of nitro groups is 1. The van der Waals surface area contributed by atoms with E-state index < -0.39 is 45.7 Å². The smallest absolute Gasteiger partial charge is 0.416 e. The molecular weight excluding hydrogens is 489 g/mol. The summed E-state index contributed by atoms with van der Waals surface area (Å²) in [6.07, 6.45) is -4.73. The van der Waals surface area contributed by atoms with Gasteiger partial charge in [0, 0.05) is 28.4 Å². The Morgan fingerprint density at radius 3 is 2.29 bits per heavy atom. The quantitative estimate of drug-likeness (QED) is 0.157. The third-order valence-electron chi connectivity index (χ3n) is 5.41. The molecule has 1 N–H and O–H groups in total. The van der Waals surface area contributed by atoms with Crippen molar-refractivity contribution in [1.29, 1.82) is 0 Å². The van der Waals surface area contributed by atoms with Gasteiger partial charge in [-0.2, -0.15) is 13.2 Å². The van der Waals surface area contributed by atoms with E-state index in [1.807, 2.05) is 0 Å². The third kappa shape index (κ3) is 4.47. The minimum absolute atomic E-state index is 0.0475. The van der Waals surface area contributed by atoms with Crippen molar-refractivity contribution in [3.8, 4) is 0 Å². The van der Waals surface area contributed by atoms with Crippen LogP contribution in [0.3, 0.4) is 0 Å². The second-order valence-corrected chi connectivity index (χ2v) is 8.01. The van der Waals surface area contributed by atoms with E-state index in [2.05, 4.69) is 0 Å². The van der Waals surface area contributed by atoms with Crippen LogP contribution in [0.4, 0.5) is 24.5 Å². The van der Waals surface area contributed by atoms with E-state index in [1.54, 1.807) is 0 Å². The van der Waals surface area contributed by atoms with Gasteiger partial charge in [0.1, 0.15) is 5.76 Å². The van der Waals surface area contributed by atoms with Crippen LogP contribution in [0.1, 0.15) is 22.7 Å². The van der Waals surface area contributed by atoms with Crippen LogP contribution in [-0.4, -0.2) is 21.7 Å². The molecule has 7 nitrogen and oxygen atoms in total. The Morgan fingerprint density at radius 1 is 1.00 bits per heavy atom. The average Bonchev–Trinajstić information content (AvgIpc) is 3.09. The molecule has 3 aromatic carbocycles. The van der Waals surface area contributed by atoms with Gasteiger partial charge in [-0.3, -0.25) is 24.6 Å². The molecule has 1 aliphatic rings. The van der Waals surface area contributed by atoms with Crippen molar-refractivity contribution >= 4 is 40.4 Å². The number of amides is 1. The highest BCUT2D eigenvalue weighted by atomic mass is 35.5. The number of nitrogens with zero attached hydrogens (tertiary/aromatic N) is 2. The van der Waals surface area contributed by atoms with Gasteiger partial charge in [-0.15, -0.1) is 0 Å². The highest BCUT2D eigenvalue weighted by Gasteiger charge is 2.47. The second kappa shape index (κ2) is 8.88. The lowest BCUT2D eigenvalue weighted by Gasteiger charge is -2.26. The minimum atomic E-state index is -4.73. The number of carbonyl (C=O) groups is 2. The molecule has 4 rings (SSSR count). The van der Waals surface area contributed by atoms with Crippen LogP contribution in [0.25, 0.3) is 5.76 Å². The summed E-state index contributed by atoms with van der Waals surface area (Å²) in [5.41, 5.74) is -1.97. The fraction of sp³-hybridized carbons (Fsp3) is 0.0833. The Labute approximate surface area is 200 Å². The van der Waals surface area contributed by atoms with Gasteiger partial charge < -0.3 is 5.11 Å². The monoisotopic (exact) mass is 502 g/mol. The van der Waals surface area contributed by atoms with Gasteiger partial charge in [0.2, 0.25) is 0 Å². The number of rotatable bonds is 4.